The number of rotatable bonds is 8. The van der Waals surface area contributed by atoms with Gasteiger partial charge in [0, 0.05) is 29.9 Å². The van der Waals surface area contributed by atoms with E-state index in [9.17, 15) is 9.18 Å². The lowest BCUT2D eigenvalue weighted by molar-refractivity contribution is 0.104. The summed E-state index contributed by atoms with van der Waals surface area (Å²) in [5.74, 6) is -0.395. The third-order valence-electron chi connectivity index (χ3n) is 5.48. The number of hydrogen-bond donors (Lipinski definition) is 0. The number of allylic oxidation sites excluding steroid dienone is 1. The van der Waals surface area contributed by atoms with E-state index in [1.165, 1.54) is 17.8 Å². The van der Waals surface area contributed by atoms with Crippen LogP contribution in [0.1, 0.15) is 29.8 Å². The van der Waals surface area contributed by atoms with E-state index < -0.39 is 0 Å². The Morgan fingerprint density at radius 3 is 2.42 bits per heavy atom. The SMILES string of the molecule is CCN(CC)c1ccc(/C=C/C(=O)c2cccc(-n3cc(-c4ccc(F)cc4)nn3)c2)cc1. The lowest BCUT2D eigenvalue weighted by Gasteiger charge is -2.20. The lowest BCUT2D eigenvalue weighted by atomic mass is 10.1. The highest BCUT2D eigenvalue weighted by Gasteiger charge is 2.08. The smallest absolute Gasteiger partial charge is 0.185 e. The first kappa shape index (κ1) is 22.1. The topological polar surface area (TPSA) is 51.0 Å². The maximum atomic E-state index is 13.2. The molecule has 0 saturated heterocycles. The molecule has 0 bridgehead atoms. The zero-order chi connectivity index (χ0) is 23.2. The summed E-state index contributed by atoms with van der Waals surface area (Å²) in [7, 11) is 0. The van der Waals surface area contributed by atoms with Gasteiger partial charge in [0.25, 0.3) is 0 Å². The minimum Gasteiger partial charge on any atom is -0.372 e. The van der Waals surface area contributed by atoms with Gasteiger partial charge in [0.2, 0.25) is 0 Å². The molecular formula is C27H25FN4O. The summed E-state index contributed by atoms with van der Waals surface area (Å²) in [5.41, 5.74) is 4.81. The van der Waals surface area contributed by atoms with Crippen LogP contribution in [0.25, 0.3) is 23.0 Å². The molecule has 33 heavy (non-hydrogen) atoms. The Kier molecular flexibility index (Phi) is 6.74. The van der Waals surface area contributed by atoms with Gasteiger partial charge in [0.1, 0.15) is 11.5 Å². The van der Waals surface area contributed by atoms with E-state index >= 15 is 0 Å². The van der Waals surface area contributed by atoms with Crippen LogP contribution in [0.2, 0.25) is 0 Å². The Bertz CT molecular complexity index is 1260. The first-order chi connectivity index (χ1) is 16.1. The van der Waals surface area contributed by atoms with E-state index in [-0.39, 0.29) is 11.6 Å². The minimum absolute atomic E-state index is 0.0939. The molecule has 0 aliphatic carbocycles. The predicted molar refractivity (Wildman–Crippen MR) is 130 cm³/mol. The summed E-state index contributed by atoms with van der Waals surface area (Å²) < 4.78 is 14.8. The van der Waals surface area contributed by atoms with Crippen molar-refractivity contribution in [3.8, 4) is 16.9 Å². The second kappa shape index (κ2) is 10.0. The highest BCUT2D eigenvalue weighted by Crippen LogP contribution is 2.19. The molecule has 0 saturated carbocycles. The van der Waals surface area contributed by atoms with Crippen molar-refractivity contribution in [3.05, 3.63) is 102 Å². The second-order valence-corrected chi connectivity index (χ2v) is 7.57. The van der Waals surface area contributed by atoms with E-state index in [1.54, 1.807) is 41.2 Å². The molecule has 3 aromatic carbocycles. The number of nitrogens with zero attached hydrogens (tertiary/aromatic N) is 4. The normalized spacial score (nSPS) is 11.1. The lowest BCUT2D eigenvalue weighted by Crippen LogP contribution is -2.21. The van der Waals surface area contributed by atoms with Gasteiger partial charge in [-0.05, 0) is 74.0 Å². The van der Waals surface area contributed by atoms with Crippen molar-refractivity contribution in [2.75, 3.05) is 18.0 Å². The first-order valence-electron chi connectivity index (χ1n) is 10.9. The highest BCUT2D eigenvalue weighted by atomic mass is 19.1. The number of carbonyl (C=O) groups is 1. The van der Waals surface area contributed by atoms with Crippen molar-refractivity contribution in [3.63, 3.8) is 0 Å². The van der Waals surface area contributed by atoms with Crippen LogP contribution in [-0.4, -0.2) is 33.9 Å². The average molecular weight is 441 g/mol. The van der Waals surface area contributed by atoms with Crippen molar-refractivity contribution < 1.29 is 9.18 Å². The van der Waals surface area contributed by atoms with Crippen LogP contribution >= 0.6 is 0 Å². The molecule has 0 fully saturated rings. The van der Waals surface area contributed by atoms with E-state index in [1.807, 2.05) is 30.3 Å². The largest absolute Gasteiger partial charge is 0.372 e. The molecule has 0 aliphatic heterocycles. The Balaban J connectivity index is 1.48. The van der Waals surface area contributed by atoms with Gasteiger partial charge < -0.3 is 4.90 Å². The Morgan fingerprint density at radius 2 is 1.73 bits per heavy atom. The average Bonchev–Trinajstić information content (AvgIpc) is 3.35. The van der Waals surface area contributed by atoms with E-state index in [2.05, 4.69) is 41.2 Å². The third-order valence-corrected chi connectivity index (χ3v) is 5.48. The van der Waals surface area contributed by atoms with Crippen molar-refractivity contribution >= 4 is 17.5 Å². The summed E-state index contributed by atoms with van der Waals surface area (Å²) in [6, 6.07) is 21.5. The number of hydrogen-bond acceptors (Lipinski definition) is 4. The summed E-state index contributed by atoms with van der Waals surface area (Å²) >= 11 is 0. The van der Waals surface area contributed by atoms with E-state index in [0.29, 0.717) is 11.3 Å². The zero-order valence-electron chi connectivity index (χ0n) is 18.6. The molecule has 0 atom stereocenters. The molecule has 166 valence electrons. The van der Waals surface area contributed by atoms with Gasteiger partial charge in [-0.1, -0.05) is 35.6 Å². The molecule has 4 rings (SSSR count). The van der Waals surface area contributed by atoms with Crippen molar-refractivity contribution in [2.24, 2.45) is 0 Å². The number of anilines is 1. The van der Waals surface area contributed by atoms with Crippen molar-refractivity contribution in [1.29, 1.82) is 0 Å². The predicted octanol–water partition coefficient (Wildman–Crippen LogP) is 5.82. The highest BCUT2D eigenvalue weighted by molar-refractivity contribution is 6.07. The Hall–Kier alpha value is -4.06. The molecule has 1 aromatic heterocycles. The van der Waals surface area contributed by atoms with Gasteiger partial charge in [-0.25, -0.2) is 9.07 Å². The van der Waals surface area contributed by atoms with Gasteiger partial charge in [-0.3, -0.25) is 4.79 Å². The molecular weight excluding hydrogens is 415 g/mol. The number of aromatic nitrogens is 3. The quantitative estimate of drug-likeness (QED) is 0.256. The number of halogens is 1. The molecule has 0 unspecified atom stereocenters. The fourth-order valence-corrected chi connectivity index (χ4v) is 3.60. The van der Waals surface area contributed by atoms with Gasteiger partial charge in [0.05, 0.1) is 11.9 Å². The van der Waals surface area contributed by atoms with Crippen LogP contribution in [0.5, 0.6) is 0 Å². The molecule has 0 amide bonds. The summed E-state index contributed by atoms with van der Waals surface area (Å²) in [6.45, 7) is 6.18. The van der Waals surface area contributed by atoms with Crippen LogP contribution in [0.4, 0.5) is 10.1 Å². The summed E-state index contributed by atoms with van der Waals surface area (Å²) in [5, 5.41) is 8.32. The second-order valence-electron chi connectivity index (χ2n) is 7.57. The molecule has 4 aromatic rings. The fourth-order valence-electron chi connectivity index (χ4n) is 3.60. The van der Waals surface area contributed by atoms with Crippen LogP contribution in [-0.2, 0) is 0 Å². The van der Waals surface area contributed by atoms with E-state index in [0.717, 1.165) is 29.9 Å². The minimum atomic E-state index is -0.301. The molecule has 6 heteroatoms. The molecule has 0 aliphatic rings. The molecule has 5 nitrogen and oxygen atoms in total. The van der Waals surface area contributed by atoms with Gasteiger partial charge in [-0.2, -0.15) is 0 Å². The van der Waals surface area contributed by atoms with Crippen LogP contribution in [0.3, 0.4) is 0 Å². The van der Waals surface area contributed by atoms with Crippen LogP contribution < -0.4 is 4.90 Å². The van der Waals surface area contributed by atoms with Crippen molar-refractivity contribution in [1.82, 2.24) is 15.0 Å². The first-order valence-corrected chi connectivity index (χ1v) is 10.9. The van der Waals surface area contributed by atoms with Gasteiger partial charge in [0.15, 0.2) is 5.78 Å². The fraction of sp³-hybridized carbons (Fsp3) is 0.148. The number of carbonyl (C=O) groups excluding carboxylic acids is 1. The van der Waals surface area contributed by atoms with Crippen molar-refractivity contribution in [2.45, 2.75) is 13.8 Å². The molecule has 0 spiro atoms. The monoisotopic (exact) mass is 440 g/mol. The van der Waals surface area contributed by atoms with E-state index in [4.69, 9.17) is 0 Å². The third kappa shape index (κ3) is 5.23. The Morgan fingerprint density at radius 1 is 1.00 bits per heavy atom. The van der Waals surface area contributed by atoms with Crippen LogP contribution in [0, 0.1) is 5.82 Å². The summed E-state index contributed by atoms with van der Waals surface area (Å²) in [6.07, 6.45) is 5.16. The van der Waals surface area contributed by atoms with Gasteiger partial charge in [-0.15, -0.1) is 5.10 Å². The maximum Gasteiger partial charge on any atom is 0.185 e. The zero-order valence-corrected chi connectivity index (χ0v) is 18.6. The molecule has 0 N–H and O–H groups in total. The molecule has 1 heterocycles. The summed E-state index contributed by atoms with van der Waals surface area (Å²) in [4.78, 5) is 15.0. The standard InChI is InChI=1S/C27H25FN4O/c1-3-31(4-2)24-15-8-20(9-16-24)10-17-27(33)22-6-5-7-25(18-22)32-19-26(29-30-32)21-11-13-23(28)14-12-21/h5-19H,3-4H2,1-2H3/b17-10+. The van der Waals surface area contributed by atoms with Crippen LogP contribution in [0.15, 0.2) is 85.1 Å². The Labute approximate surface area is 192 Å². The maximum absolute atomic E-state index is 13.2. The number of ketones is 1. The number of benzene rings is 3. The molecule has 0 radical (unpaired) electrons. The van der Waals surface area contributed by atoms with Gasteiger partial charge >= 0.3 is 0 Å².